The quantitative estimate of drug-likeness (QED) is 0.414. The van der Waals surface area contributed by atoms with Crippen LogP contribution in [0.25, 0.3) is 22.4 Å². The summed E-state index contributed by atoms with van der Waals surface area (Å²) in [7, 11) is 5.05. The lowest BCUT2D eigenvalue weighted by Gasteiger charge is -2.19. The number of aromatic nitrogens is 5. The zero-order valence-corrected chi connectivity index (χ0v) is 18.3. The van der Waals surface area contributed by atoms with Gasteiger partial charge in [0.1, 0.15) is 0 Å². The van der Waals surface area contributed by atoms with E-state index in [2.05, 4.69) is 25.3 Å². The van der Waals surface area contributed by atoms with Crippen LogP contribution in [0.4, 0.5) is 5.95 Å². The van der Waals surface area contributed by atoms with Crippen LogP contribution in [-0.4, -0.2) is 52.7 Å². The molecule has 0 fully saturated rings. The maximum absolute atomic E-state index is 5.51. The number of nitrogens with zero attached hydrogens (tertiary/aromatic N) is 6. The molecule has 0 radical (unpaired) electrons. The molecule has 4 heterocycles. The first-order valence-electron chi connectivity index (χ1n) is 9.65. The van der Waals surface area contributed by atoms with Crippen LogP contribution >= 0.6 is 11.3 Å². The van der Waals surface area contributed by atoms with E-state index in [9.17, 15) is 0 Å². The van der Waals surface area contributed by atoms with Crippen LogP contribution < -0.4 is 14.4 Å². The third-order valence-electron chi connectivity index (χ3n) is 4.74. The summed E-state index contributed by atoms with van der Waals surface area (Å²) in [5.74, 6) is 0.993. The number of ether oxygens (including phenoxy) is 2. The summed E-state index contributed by atoms with van der Waals surface area (Å²) in [5, 5.41) is 4.08. The van der Waals surface area contributed by atoms with Gasteiger partial charge >= 0.3 is 6.01 Å². The minimum Gasteiger partial charge on any atom is -0.480 e. The Morgan fingerprint density at radius 2 is 1.84 bits per heavy atom. The molecule has 0 aliphatic heterocycles. The largest absolute Gasteiger partial charge is 0.480 e. The van der Waals surface area contributed by atoms with Crippen LogP contribution in [0.2, 0.25) is 0 Å². The normalized spacial score (nSPS) is 10.7. The summed E-state index contributed by atoms with van der Waals surface area (Å²) >= 11 is 1.62. The summed E-state index contributed by atoms with van der Waals surface area (Å²) < 4.78 is 10.6. The van der Waals surface area contributed by atoms with Gasteiger partial charge in [-0.2, -0.15) is 16.3 Å². The fourth-order valence-corrected chi connectivity index (χ4v) is 3.74. The van der Waals surface area contributed by atoms with Gasteiger partial charge in [-0.05, 0) is 34.5 Å². The van der Waals surface area contributed by atoms with Crippen molar-refractivity contribution in [2.75, 3.05) is 32.7 Å². The number of hydrogen-bond donors (Lipinski definition) is 0. The van der Waals surface area contributed by atoms with E-state index in [4.69, 9.17) is 14.5 Å². The number of hydrogen-bond acceptors (Lipinski definition) is 9. The Kier molecular flexibility index (Phi) is 6.32. The number of rotatable bonds is 8. The summed E-state index contributed by atoms with van der Waals surface area (Å²) in [6, 6.07) is 8.19. The molecule has 0 bridgehead atoms. The van der Waals surface area contributed by atoms with Crippen LogP contribution in [0.5, 0.6) is 11.9 Å². The fraction of sp³-hybridized carbons (Fsp3) is 0.227. The summed E-state index contributed by atoms with van der Waals surface area (Å²) in [4.78, 5) is 24.5. The molecule has 31 heavy (non-hydrogen) atoms. The Balaban J connectivity index is 1.72. The lowest BCUT2D eigenvalue weighted by atomic mass is 10.1. The molecule has 0 amide bonds. The van der Waals surface area contributed by atoms with Gasteiger partial charge in [-0.15, -0.1) is 0 Å². The van der Waals surface area contributed by atoms with Gasteiger partial charge in [0, 0.05) is 49.9 Å². The Morgan fingerprint density at radius 1 is 0.968 bits per heavy atom. The average molecular weight is 435 g/mol. The fourth-order valence-electron chi connectivity index (χ4n) is 3.09. The highest BCUT2D eigenvalue weighted by atomic mass is 32.1. The monoisotopic (exact) mass is 434 g/mol. The Bertz CT molecular complexity index is 1140. The number of pyridine rings is 1. The second-order valence-corrected chi connectivity index (χ2v) is 7.50. The molecule has 0 atom stereocenters. The molecule has 0 saturated carbocycles. The molecule has 4 rings (SSSR count). The van der Waals surface area contributed by atoms with E-state index < -0.39 is 0 Å². The molecular weight excluding hydrogens is 412 g/mol. The van der Waals surface area contributed by atoms with Crippen molar-refractivity contribution >= 4 is 17.3 Å². The average Bonchev–Trinajstić information content (AvgIpc) is 3.37. The molecule has 0 saturated heterocycles. The van der Waals surface area contributed by atoms with Gasteiger partial charge in [0.2, 0.25) is 11.8 Å². The van der Waals surface area contributed by atoms with E-state index in [0.29, 0.717) is 23.1 Å². The number of methoxy groups -OCH3 is 2. The molecule has 4 aromatic rings. The molecule has 0 aromatic carbocycles. The van der Waals surface area contributed by atoms with E-state index in [1.165, 1.54) is 7.11 Å². The SMILES string of the molecule is COc1ncc(-c2nc(N(C)CCc3ccccn3)ncc2-c2ccsc2)c(OC)n1. The second kappa shape index (κ2) is 9.48. The van der Waals surface area contributed by atoms with Crippen LogP contribution in [0.1, 0.15) is 5.69 Å². The summed E-state index contributed by atoms with van der Waals surface area (Å²) in [6.45, 7) is 0.727. The van der Waals surface area contributed by atoms with Crippen LogP contribution in [-0.2, 0) is 6.42 Å². The molecule has 0 N–H and O–H groups in total. The van der Waals surface area contributed by atoms with Gasteiger partial charge in [-0.1, -0.05) is 6.07 Å². The third-order valence-corrected chi connectivity index (χ3v) is 5.43. The lowest BCUT2D eigenvalue weighted by Crippen LogP contribution is -2.23. The third kappa shape index (κ3) is 4.61. The predicted octanol–water partition coefficient (Wildman–Crippen LogP) is 3.75. The van der Waals surface area contributed by atoms with Crippen LogP contribution in [0, 0.1) is 0 Å². The minimum atomic E-state index is 0.236. The van der Waals surface area contributed by atoms with Crippen molar-refractivity contribution in [3.8, 4) is 34.3 Å². The smallest absolute Gasteiger partial charge is 0.319 e. The number of anilines is 1. The second-order valence-electron chi connectivity index (χ2n) is 6.72. The summed E-state index contributed by atoms with van der Waals surface area (Å²) in [5.41, 5.74) is 4.31. The van der Waals surface area contributed by atoms with Gasteiger partial charge in [-0.3, -0.25) is 4.98 Å². The molecule has 0 aliphatic carbocycles. The van der Waals surface area contributed by atoms with Crippen LogP contribution in [0.3, 0.4) is 0 Å². The maximum Gasteiger partial charge on any atom is 0.319 e. The molecule has 0 unspecified atom stereocenters. The minimum absolute atomic E-state index is 0.236. The van der Waals surface area contributed by atoms with Gasteiger partial charge in [0.15, 0.2) is 0 Å². The highest BCUT2D eigenvalue weighted by Gasteiger charge is 2.19. The molecular formula is C22H22N6O2S. The Hall–Kier alpha value is -3.59. The topological polar surface area (TPSA) is 86.2 Å². The van der Waals surface area contributed by atoms with Crippen molar-refractivity contribution in [2.24, 2.45) is 0 Å². The van der Waals surface area contributed by atoms with Crippen molar-refractivity contribution in [3.05, 3.63) is 59.3 Å². The van der Waals surface area contributed by atoms with Crippen molar-refractivity contribution in [1.29, 1.82) is 0 Å². The van der Waals surface area contributed by atoms with E-state index in [0.717, 1.165) is 29.8 Å². The van der Waals surface area contributed by atoms with E-state index in [-0.39, 0.29) is 6.01 Å². The van der Waals surface area contributed by atoms with E-state index >= 15 is 0 Å². The first kappa shape index (κ1) is 20.7. The highest BCUT2D eigenvalue weighted by molar-refractivity contribution is 7.08. The van der Waals surface area contributed by atoms with Crippen molar-refractivity contribution in [2.45, 2.75) is 6.42 Å². The van der Waals surface area contributed by atoms with Crippen LogP contribution in [0.15, 0.2) is 53.6 Å². The molecule has 0 aliphatic rings. The first-order valence-corrected chi connectivity index (χ1v) is 10.6. The van der Waals surface area contributed by atoms with E-state index in [1.807, 2.05) is 47.8 Å². The van der Waals surface area contributed by atoms with E-state index in [1.54, 1.807) is 30.8 Å². The first-order chi connectivity index (χ1) is 15.2. The zero-order valence-electron chi connectivity index (χ0n) is 17.5. The molecule has 8 nitrogen and oxygen atoms in total. The molecule has 4 aromatic heterocycles. The van der Waals surface area contributed by atoms with Gasteiger partial charge in [0.05, 0.1) is 25.5 Å². The number of likely N-dealkylation sites (N-methyl/N-ethyl adjacent to an activating group) is 1. The standard InChI is InChI=1S/C22H22N6O2S/c1-28(10-7-16-6-4-5-9-23-16)21-24-12-17(15-8-11-31-14-15)19(26-21)18-13-25-22(30-3)27-20(18)29-2/h4-6,8-9,11-14H,7,10H2,1-3H3. The Labute approximate surface area is 184 Å². The van der Waals surface area contributed by atoms with Gasteiger partial charge in [0.25, 0.3) is 0 Å². The maximum atomic E-state index is 5.51. The number of thiophene rings is 1. The van der Waals surface area contributed by atoms with Crippen molar-refractivity contribution in [3.63, 3.8) is 0 Å². The van der Waals surface area contributed by atoms with Crippen molar-refractivity contribution < 1.29 is 9.47 Å². The molecule has 9 heteroatoms. The van der Waals surface area contributed by atoms with Gasteiger partial charge < -0.3 is 14.4 Å². The Morgan fingerprint density at radius 3 is 2.55 bits per heavy atom. The summed E-state index contributed by atoms with van der Waals surface area (Å²) in [6.07, 6.45) is 6.09. The molecule has 0 spiro atoms. The predicted molar refractivity (Wildman–Crippen MR) is 121 cm³/mol. The highest BCUT2D eigenvalue weighted by Crippen LogP contribution is 2.36. The van der Waals surface area contributed by atoms with Crippen molar-refractivity contribution in [1.82, 2.24) is 24.9 Å². The lowest BCUT2D eigenvalue weighted by molar-refractivity contribution is 0.353. The van der Waals surface area contributed by atoms with Gasteiger partial charge in [-0.25, -0.2) is 15.0 Å². The zero-order chi connectivity index (χ0) is 21.6. The molecule has 158 valence electrons.